The third-order valence-corrected chi connectivity index (χ3v) is 5.70. The number of alkyl halides is 3. The van der Waals surface area contributed by atoms with Crippen molar-refractivity contribution in [1.29, 1.82) is 0 Å². The maximum Gasteiger partial charge on any atom is 0.416 e. The number of esters is 2. The number of hydrogen-bond donors (Lipinski definition) is 1. The maximum atomic E-state index is 13.4. The van der Waals surface area contributed by atoms with Crippen LogP contribution < -0.4 is 14.8 Å². The number of halogens is 4. The summed E-state index contributed by atoms with van der Waals surface area (Å²) in [7, 11) is 0. The van der Waals surface area contributed by atoms with Crippen molar-refractivity contribution in [2.45, 2.75) is 20.0 Å². The smallest absolute Gasteiger partial charge is 0.416 e. The first kappa shape index (κ1) is 26.6. The molecular formula is C26H15ClF3NO7. The zero-order valence-corrected chi connectivity index (χ0v) is 20.2. The molecule has 8 nitrogen and oxygen atoms in total. The number of hydrogen-bond acceptors (Lipinski definition) is 7. The fourth-order valence-electron chi connectivity index (χ4n) is 3.85. The summed E-state index contributed by atoms with van der Waals surface area (Å²) in [4.78, 5) is 63.1. The number of ketones is 2. The summed E-state index contributed by atoms with van der Waals surface area (Å²) >= 11 is 5.91. The molecule has 0 saturated carbocycles. The van der Waals surface area contributed by atoms with Gasteiger partial charge in [-0.25, -0.2) is 0 Å². The lowest BCUT2D eigenvalue weighted by Crippen LogP contribution is -2.25. The molecule has 0 heterocycles. The second-order valence-electron chi connectivity index (χ2n) is 8.07. The Labute approximate surface area is 217 Å². The normalized spacial score (nSPS) is 12.4. The summed E-state index contributed by atoms with van der Waals surface area (Å²) in [6.45, 7) is 2.15. The van der Waals surface area contributed by atoms with Crippen LogP contribution in [0.1, 0.15) is 61.6 Å². The molecule has 1 amide bonds. The molecule has 0 bridgehead atoms. The Kier molecular flexibility index (Phi) is 6.81. The fourth-order valence-corrected chi connectivity index (χ4v) is 4.07. The van der Waals surface area contributed by atoms with Crippen molar-refractivity contribution >= 4 is 46.7 Å². The molecule has 1 aliphatic rings. The molecule has 0 unspecified atom stereocenters. The number of benzene rings is 3. The van der Waals surface area contributed by atoms with E-state index < -0.39 is 51.9 Å². The van der Waals surface area contributed by atoms with Gasteiger partial charge in [0.15, 0.2) is 5.78 Å². The average Bonchev–Trinajstić information content (AvgIpc) is 2.81. The van der Waals surface area contributed by atoms with Crippen molar-refractivity contribution in [3.8, 4) is 11.5 Å². The minimum Gasteiger partial charge on any atom is -0.426 e. The molecule has 38 heavy (non-hydrogen) atoms. The highest BCUT2D eigenvalue weighted by atomic mass is 35.5. The number of nitrogens with one attached hydrogen (secondary N) is 1. The predicted molar refractivity (Wildman–Crippen MR) is 127 cm³/mol. The first-order valence-electron chi connectivity index (χ1n) is 10.7. The third kappa shape index (κ3) is 5.00. The third-order valence-electron chi connectivity index (χ3n) is 5.39. The molecule has 194 valence electrons. The van der Waals surface area contributed by atoms with Crippen molar-refractivity contribution in [2.75, 3.05) is 5.32 Å². The monoisotopic (exact) mass is 545 g/mol. The summed E-state index contributed by atoms with van der Waals surface area (Å²) in [6.07, 6.45) is -4.65. The van der Waals surface area contributed by atoms with Gasteiger partial charge in [0.2, 0.25) is 5.78 Å². The van der Waals surface area contributed by atoms with Gasteiger partial charge in [-0.2, -0.15) is 13.2 Å². The van der Waals surface area contributed by atoms with Crippen molar-refractivity contribution in [1.82, 2.24) is 0 Å². The van der Waals surface area contributed by atoms with Gasteiger partial charge in [-0.3, -0.25) is 24.0 Å². The van der Waals surface area contributed by atoms with Crippen LogP contribution >= 0.6 is 11.6 Å². The molecule has 0 saturated heterocycles. The molecule has 0 atom stereocenters. The number of carbonyl (C=O) groups is 5. The Balaban J connectivity index is 1.79. The van der Waals surface area contributed by atoms with Crippen LogP contribution in [0, 0.1) is 0 Å². The van der Waals surface area contributed by atoms with Gasteiger partial charge in [0.25, 0.3) is 5.91 Å². The van der Waals surface area contributed by atoms with Crippen LogP contribution in [-0.4, -0.2) is 29.4 Å². The van der Waals surface area contributed by atoms with Crippen molar-refractivity contribution in [3.63, 3.8) is 0 Å². The number of fused-ring (bicyclic) bond motifs is 2. The largest absolute Gasteiger partial charge is 0.426 e. The Bertz CT molecular complexity index is 1560. The van der Waals surface area contributed by atoms with Gasteiger partial charge in [-0.1, -0.05) is 23.7 Å². The first-order valence-corrected chi connectivity index (χ1v) is 11.1. The molecule has 1 N–H and O–H groups in total. The highest BCUT2D eigenvalue weighted by molar-refractivity contribution is 6.34. The quantitative estimate of drug-likeness (QED) is 0.275. The second-order valence-corrected chi connectivity index (χ2v) is 8.47. The standard InChI is InChI=1S/C26H15ClF3NO7/c1-11(32)37-19-5-3-4-15-21(19)24(35)22-16(23(15)34)8-13(9-20(22)38-12(2)33)25(36)31-18-7-6-14(10-17(18)27)26(28,29)30/h3-10H,1-2H3,(H,31,36). The zero-order chi connectivity index (χ0) is 27.9. The predicted octanol–water partition coefficient (Wildman–Crippen LogP) is 5.24. The molecule has 1 aliphatic carbocycles. The van der Waals surface area contributed by atoms with Gasteiger partial charge < -0.3 is 14.8 Å². The van der Waals surface area contributed by atoms with E-state index in [4.69, 9.17) is 21.1 Å². The molecule has 3 aromatic rings. The number of amides is 1. The van der Waals surface area contributed by atoms with Crippen LogP contribution in [0.2, 0.25) is 5.02 Å². The van der Waals surface area contributed by atoms with E-state index in [0.29, 0.717) is 6.07 Å². The van der Waals surface area contributed by atoms with E-state index in [1.165, 1.54) is 18.2 Å². The van der Waals surface area contributed by atoms with E-state index in [-0.39, 0.29) is 39.3 Å². The number of anilines is 1. The lowest BCUT2D eigenvalue weighted by atomic mass is 9.82. The number of ether oxygens (including phenoxy) is 2. The fraction of sp³-hybridized carbons (Fsp3) is 0.115. The molecule has 4 rings (SSSR count). The Morgan fingerprint density at radius 3 is 2.05 bits per heavy atom. The summed E-state index contributed by atoms with van der Waals surface area (Å²) in [5.74, 6) is -4.62. The van der Waals surface area contributed by atoms with E-state index in [9.17, 15) is 37.1 Å². The van der Waals surface area contributed by atoms with Gasteiger partial charge in [-0.15, -0.1) is 0 Å². The van der Waals surface area contributed by atoms with Gasteiger partial charge in [0, 0.05) is 30.5 Å². The van der Waals surface area contributed by atoms with Crippen LogP contribution in [0.5, 0.6) is 11.5 Å². The zero-order valence-electron chi connectivity index (χ0n) is 19.5. The van der Waals surface area contributed by atoms with E-state index >= 15 is 0 Å². The SMILES string of the molecule is CC(=O)Oc1cccc2c1C(=O)c1c(OC(C)=O)cc(C(=O)Nc3ccc(C(F)(F)F)cc3Cl)cc1C2=O. The number of carbonyl (C=O) groups excluding carboxylic acids is 5. The van der Waals surface area contributed by atoms with Crippen molar-refractivity contribution in [3.05, 3.63) is 86.9 Å². The molecule has 0 fully saturated rings. The molecule has 12 heteroatoms. The molecule has 0 aromatic heterocycles. The molecular weight excluding hydrogens is 531 g/mol. The van der Waals surface area contributed by atoms with Crippen LogP contribution in [-0.2, 0) is 15.8 Å². The first-order chi connectivity index (χ1) is 17.8. The summed E-state index contributed by atoms with van der Waals surface area (Å²) in [5, 5.41) is 1.94. The molecule has 0 radical (unpaired) electrons. The summed E-state index contributed by atoms with van der Waals surface area (Å²) in [5.41, 5.74) is -2.37. The minimum absolute atomic E-state index is 0.113. The molecule has 3 aromatic carbocycles. The minimum atomic E-state index is -4.65. The second kappa shape index (κ2) is 9.75. The van der Waals surface area contributed by atoms with E-state index in [0.717, 1.165) is 38.1 Å². The van der Waals surface area contributed by atoms with Gasteiger partial charge in [0.1, 0.15) is 11.5 Å². The van der Waals surface area contributed by atoms with E-state index in [1.54, 1.807) is 0 Å². The van der Waals surface area contributed by atoms with Crippen LogP contribution in [0.4, 0.5) is 18.9 Å². The van der Waals surface area contributed by atoms with E-state index in [2.05, 4.69) is 5.32 Å². The molecule has 0 aliphatic heterocycles. The van der Waals surface area contributed by atoms with Crippen molar-refractivity contribution < 1.29 is 46.6 Å². The Morgan fingerprint density at radius 2 is 1.45 bits per heavy atom. The van der Waals surface area contributed by atoms with E-state index in [1.807, 2.05) is 0 Å². The van der Waals surface area contributed by atoms with Crippen molar-refractivity contribution in [2.24, 2.45) is 0 Å². The molecule has 0 spiro atoms. The van der Waals surface area contributed by atoms with Gasteiger partial charge >= 0.3 is 18.1 Å². The van der Waals surface area contributed by atoms with Crippen LogP contribution in [0.25, 0.3) is 0 Å². The maximum absolute atomic E-state index is 13.4. The highest BCUT2D eigenvalue weighted by Crippen LogP contribution is 2.39. The summed E-state index contributed by atoms with van der Waals surface area (Å²) < 4.78 is 49.0. The Hall–Kier alpha value is -4.51. The van der Waals surface area contributed by atoms with Crippen LogP contribution in [0.15, 0.2) is 48.5 Å². The topological polar surface area (TPSA) is 116 Å². The van der Waals surface area contributed by atoms with Gasteiger partial charge in [0.05, 0.1) is 27.4 Å². The average molecular weight is 546 g/mol. The lowest BCUT2D eigenvalue weighted by Gasteiger charge is -2.22. The van der Waals surface area contributed by atoms with Crippen LogP contribution in [0.3, 0.4) is 0 Å². The number of rotatable bonds is 4. The van der Waals surface area contributed by atoms with Gasteiger partial charge in [-0.05, 0) is 36.4 Å². The highest BCUT2D eigenvalue weighted by Gasteiger charge is 2.37. The summed E-state index contributed by atoms with van der Waals surface area (Å²) in [6, 6.07) is 8.45. The Morgan fingerprint density at radius 1 is 0.816 bits per heavy atom. The lowest BCUT2D eigenvalue weighted by molar-refractivity contribution is -0.137.